The van der Waals surface area contributed by atoms with Crippen LogP contribution in [0.5, 0.6) is 0 Å². The molecule has 2 rings (SSSR count). The molecule has 3 heteroatoms. The van der Waals surface area contributed by atoms with Crippen LogP contribution in [0, 0.1) is 5.41 Å². The van der Waals surface area contributed by atoms with E-state index in [4.69, 9.17) is 0 Å². The van der Waals surface area contributed by atoms with Gasteiger partial charge in [0, 0.05) is 12.1 Å². The van der Waals surface area contributed by atoms with Gasteiger partial charge in [-0.05, 0) is 50.4 Å². The van der Waals surface area contributed by atoms with Crippen LogP contribution in [-0.2, 0) is 0 Å². The number of carbonyl (C=O) groups excluding carboxylic acids is 1. The summed E-state index contributed by atoms with van der Waals surface area (Å²) in [6, 6.07) is 0.891. The lowest BCUT2D eigenvalue weighted by molar-refractivity contribution is 0.193. The molecular weight excluding hydrogens is 200 g/mol. The van der Waals surface area contributed by atoms with Crippen LogP contribution in [0.1, 0.15) is 58.8 Å². The topological polar surface area (TPSA) is 41.1 Å². The maximum absolute atomic E-state index is 11.7. The fourth-order valence-corrected chi connectivity index (χ4v) is 2.51. The van der Waals surface area contributed by atoms with Crippen molar-refractivity contribution in [3.8, 4) is 0 Å². The van der Waals surface area contributed by atoms with Crippen LogP contribution in [0.2, 0.25) is 0 Å². The van der Waals surface area contributed by atoms with E-state index in [0.29, 0.717) is 17.5 Å². The Morgan fingerprint density at radius 2 is 1.50 bits per heavy atom. The molecular formula is C13H24N2O. The fourth-order valence-electron chi connectivity index (χ4n) is 2.51. The third-order valence-electron chi connectivity index (χ3n) is 4.11. The number of carbonyl (C=O) groups is 1. The summed E-state index contributed by atoms with van der Waals surface area (Å²) in [6.45, 7) is 4.63. The largest absolute Gasteiger partial charge is 0.335 e. The summed E-state index contributed by atoms with van der Waals surface area (Å²) in [6.07, 6.45) is 8.29. The van der Waals surface area contributed by atoms with Crippen LogP contribution in [-0.4, -0.2) is 18.1 Å². The summed E-state index contributed by atoms with van der Waals surface area (Å²) in [5.74, 6) is 0. The highest BCUT2D eigenvalue weighted by molar-refractivity contribution is 5.74. The molecule has 0 aromatic heterocycles. The van der Waals surface area contributed by atoms with Crippen LogP contribution in [0.3, 0.4) is 0 Å². The number of rotatable bonds is 2. The molecule has 0 unspecified atom stereocenters. The number of urea groups is 1. The van der Waals surface area contributed by atoms with Crippen LogP contribution in [0.15, 0.2) is 0 Å². The van der Waals surface area contributed by atoms with Gasteiger partial charge in [0.05, 0.1) is 0 Å². The first-order chi connectivity index (χ1) is 7.55. The van der Waals surface area contributed by atoms with Gasteiger partial charge in [-0.1, -0.05) is 13.8 Å². The quantitative estimate of drug-likeness (QED) is 0.744. The van der Waals surface area contributed by atoms with Gasteiger partial charge < -0.3 is 10.6 Å². The Bertz CT molecular complexity index is 249. The van der Waals surface area contributed by atoms with E-state index in [1.54, 1.807) is 0 Å². The minimum atomic E-state index is 0.0504. The SMILES string of the molecule is CC1(C)CCC(NC(=O)NC2CCC2)CC1. The van der Waals surface area contributed by atoms with Crippen LogP contribution in [0.25, 0.3) is 0 Å². The second kappa shape index (κ2) is 4.64. The van der Waals surface area contributed by atoms with Crippen molar-refractivity contribution in [1.82, 2.24) is 10.6 Å². The Labute approximate surface area is 98.4 Å². The molecule has 0 spiro atoms. The maximum atomic E-state index is 11.7. The van der Waals surface area contributed by atoms with Gasteiger partial charge in [-0.25, -0.2) is 4.79 Å². The monoisotopic (exact) mass is 224 g/mol. The lowest BCUT2D eigenvalue weighted by Gasteiger charge is -2.35. The zero-order chi connectivity index (χ0) is 11.6. The van der Waals surface area contributed by atoms with Gasteiger partial charge in [0.2, 0.25) is 0 Å². The predicted octanol–water partition coefficient (Wildman–Crippen LogP) is 2.81. The zero-order valence-corrected chi connectivity index (χ0v) is 10.5. The Morgan fingerprint density at radius 3 is 1.94 bits per heavy atom. The molecule has 0 aromatic carbocycles. The van der Waals surface area contributed by atoms with Gasteiger partial charge in [0.1, 0.15) is 0 Å². The molecule has 0 atom stereocenters. The van der Waals surface area contributed by atoms with E-state index in [0.717, 1.165) is 25.7 Å². The molecule has 3 nitrogen and oxygen atoms in total. The van der Waals surface area contributed by atoms with Crippen molar-refractivity contribution < 1.29 is 4.79 Å². The van der Waals surface area contributed by atoms with E-state index in [1.807, 2.05) is 0 Å². The van der Waals surface area contributed by atoms with E-state index in [2.05, 4.69) is 24.5 Å². The highest BCUT2D eigenvalue weighted by Crippen LogP contribution is 2.34. The summed E-state index contributed by atoms with van der Waals surface area (Å²) in [5, 5.41) is 6.14. The van der Waals surface area contributed by atoms with Crippen molar-refractivity contribution in [2.75, 3.05) is 0 Å². The smallest absolute Gasteiger partial charge is 0.315 e. The van der Waals surface area contributed by atoms with Gasteiger partial charge in [-0.2, -0.15) is 0 Å². The van der Waals surface area contributed by atoms with Crippen molar-refractivity contribution in [3.05, 3.63) is 0 Å². The second-order valence-corrected chi connectivity index (χ2v) is 6.18. The van der Waals surface area contributed by atoms with E-state index in [1.165, 1.54) is 19.3 Å². The molecule has 2 amide bonds. The third-order valence-corrected chi connectivity index (χ3v) is 4.11. The third kappa shape index (κ3) is 3.13. The van der Waals surface area contributed by atoms with E-state index < -0.39 is 0 Å². The lowest BCUT2D eigenvalue weighted by atomic mass is 9.75. The molecule has 0 aromatic rings. The van der Waals surface area contributed by atoms with Gasteiger partial charge in [-0.3, -0.25) is 0 Å². The molecule has 2 aliphatic rings. The molecule has 92 valence electrons. The first-order valence-electron chi connectivity index (χ1n) is 6.62. The first kappa shape index (κ1) is 11.7. The number of amides is 2. The second-order valence-electron chi connectivity index (χ2n) is 6.18. The maximum Gasteiger partial charge on any atom is 0.315 e. The molecule has 0 bridgehead atoms. The molecule has 0 radical (unpaired) electrons. The predicted molar refractivity (Wildman–Crippen MR) is 65.3 cm³/mol. The number of hydrogen-bond donors (Lipinski definition) is 2. The molecule has 16 heavy (non-hydrogen) atoms. The molecule has 2 saturated carbocycles. The minimum absolute atomic E-state index is 0.0504. The van der Waals surface area contributed by atoms with Crippen molar-refractivity contribution >= 4 is 6.03 Å². The van der Waals surface area contributed by atoms with Gasteiger partial charge >= 0.3 is 6.03 Å². The molecule has 0 saturated heterocycles. The van der Waals surface area contributed by atoms with Crippen LogP contribution >= 0.6 is 0 Å². The Hall–Kier alpha value is -0.730. The van der Waals surface area contributed by atoms with Crippen LogP contribution in [0.4, 0.5) is 4.79 Å². The first-order valence-corrected chi connectivity index (χ1v) is 6.62. The van der Waals surface area contributed by atoms with E-state index in [9.17, 15) is 4.79 Å². The molecule has 2 fully saturated rings. The number of nitrogens with one attached hydrogen (secondary N) is 2. The highest BCUT2D eigenvalue weighted by Gasteiger charge is 2.28. The fraction of sp³-hybridized carbons (Fsp3) is 0.923. The molecule has 2 N–H and O–H groups in total. The van der Waals surface area contributed by atoms with Crippen molar-refractivity contribution in [1.29, 1.82) is 0 Å². The lowest BCUT2D eigenvalue weighted by Crippen LogP contribution is -2.49. The molecule has 0 aliphatic heterocycles. The minimum Gasteiger partial charge on any atom is -0.335 e. The summed E-state index contributed by atoms with van der Waals surface area (Å²) in [7, 11) is 0. The van der Waals surface area contributed by atoms with Crippen molar-refractivity contribution in [2.45, 2.75) is 70.9 Å². The average Bonchev–Trinajstić information content (AvgIpc) is 2.15. The van der Waals surface area contributed by atoms with Gasteiger partial charge in [0.15, 0.2) is 0 Å². The van der Waals surface area contributed by atoms with Crippen LogP contribution < -0.4 is 10.6 Å². The Morgan fingerprint density at radius 1 is 1.00 bits per heavy atom. The van der Waals surface area contributed by atoms with E-state index >= 15 is 0 Å². The summed E-state index contributed by atoms with van der Waals surface area (Å²) in [5.41, 5.74) is 0.475. The Balaban J connectivity index is 1.67. The van der Waals surface area contributed by atoms with Gasteiger partial charge in [-0.15, -0.1) is 0 Å². The summed E-state index contributed by atoms with van der Waals surface area (Å²) in [4.78, 5) is 11.7. The highest BCUT2D eigenvalue weighted by atomic mass is 16.2. The average molecular weight is 224 g/mol. The molecule has 0 heterocycles. The van der Waals surface area contributed by atoms with Crippen molar-refractivity contribution in [3.63, 3.8) is 0 Å². The Kier molecular flexibility index (Phi) is 3.41. The number of hydrogen-bond acceptors (Lipinski definition) is 1. The van der Waals surface area contributed by atoms with E-state index in [-0.39, 0.29) is 6.03 Å². The summed E-state index contributed by atoms with van der Waals surface area (Å²) < 4.78 is 0. The molecule has 2 aliphatic carbocycles. The standard InChI is InChI=1S/C13H24N2O/c1-13(2)8-6-11(7-9-13)15-12(16)14-10-4-3-5-10/h10-11H,3-9H2,1-2H3,(H2,14,15,16). The normalized spacial score (nSPS) is 25.9. The zero-order valence-electron chi connectivity index (χ0n) is 10.5. The van der Waals surface area contributed by atoms with Crippen molar-refractivity contribution in [2.24, 2.45) is 5.41 Å². The summed E-state index contributed by atoms with van der Waals surface area (Å²) >= 11 is 0. The van der Waals surface area contributed by atoms with Gasteiger partial charge in [0.25, 0.3) is 0 Å².